The van der Waals surface area contributed by atoms with Crippen LogP contribution in [0.15, 0.2) is 33.9 Å². The van der Waals surface area contributed by atoms with Crippen molar-refractivity contribution in [2.75, 3.05) is 25.0 Å². The number of hydrogen-bond donors (Lipinski definition) is 2. The minimum Gasteiger partial charge on any atom is -0.359 e. The van der Waals surface area contributed by atoms with Gasteiger partial charge in [-0.15, -0.1) is 0 Å². The molecule has 1 aliphatic heterocycles. The lowest BCUT2D eigenvalue weighted by Gasteiger charge is -2.31. The van der Waals surface area contributed by atoms with Crippen molar-refractivity contribution in [2.24, 2.45) is 10.9 Å². The van der Waals surface area contributed by atoms with E-state index in [0.717, 1.165) is 47.8 Å². The lowest BCUT2D eigenvalue weighted by molar-refractivity contribution is 0.372. The molecule has 2 N–H and O–H groups in total. The molecule has 152 valence electrons. The molecule has 0 bridgehead atoms. The second kappa shape index (κ2) is 9.57. The van der Waals surface area contributed by atoms with Crippen molar-refractivity contribution in [1.29, 1.82) is 0 Å². The quantitative estimate of drug-likeness (QED) is 0.588. The highest BCUT2D eigenvalue weighted by Gasteiger charge is 2.16. The predicted octanol–water partition coefficient (Wildman–Crippen LogP) is 3.29. The maximum absolute atomic E-state index is 5.35. The SMILES string of the molecule is CN=C(NCc1ccc(N2CCC(C)CC2)nc1)NCc1cc(C(C)C)no1. The molecule has 1 saturated heterocycles. The number of anilines is 1. The largest absolute Gasteiger partial charge is 0.359 e. The molecular weight excluding hydrogens is 352 g/mol. The number of nitrogens with one attached hydrogen (secondary N) is 2. The van der Waals surface area contributed by atoms with Gasteiger partial charge < -0.3 is 20.1 Å². The first-order valence-electron chi connectivity index (χ1n) is 10.1. The molecule has 0 aliphatic carbocycles. The van der Waals surface area contributed by atoms with Crippen molar-refractivity contribution in [1.82, 2.24) is 20.8 Å². The summed E-state index contributed by atoms with van der Waals surface area (Å²) in [5, 5.41) is 10.6. The van der Waals surface area contributed by atoms with Crippen LogP contribution < -0.4 is 15.5 Å². The Hall–Kier alpha value is -2.57. The van der Waals surface area contributed by atoms with E-state index in [9.17, 15) is 0 Å². The van der Waals surface area contributed by atoms with Crippen molar-refractivity contribution >= 4 is 11.8 Å². The van der Waals surface area contributed by atoms with Crippen LogP contribution in [0, 0.1) is 5.92 Å². The molecule has 0 spiro atoms. The molecule has 7 heteroatoms. The van der Waals surface area contributed by atoms with Gasteiger partial charge in [0, 0.05) is 38.9 Å². The van der Waals surface area contributed by atoms with Gasteiger partial charge in [-0.25, -0.2) is 4.98 Å². The van der Waals surface area contributed by atoms with Crippen molar-refractivity contribution < 1.29 is 4.52 Å². The third-order valence-electron chi connectivity index (χ3n) is 5.20. The maximum Gasteiger partial charge on any atom is 0.191 e. The highest BCUT2D eigenvalue weighted by atomic mass is 16.5. The Balaban J connectivity index is 1.46. The molecule has 3 rings (SSSR count). The van der Waals surface area contributed by atoms with Gasteiger partial charge in [-0.2, -0.15) is 0 Å². The van der Waals surface area contributed by atoms with Crippen LogP contribution in [-0.2, 0) is 13.1 Å². The van der Waals surface area contributed by atoms with Gasteiger partial charge >= 0.3 is 0 Å². The van der Waals surface area contributed by atoms with Crippen molar-refractivity contribution in [3.8, 4) is 0 Å². The van der Waals surface area contributed by atoms with E-state index >= 15 is 0 Å². The average molecular weight is 385 g/mol. The summed E-state index contributed by atoms with van der Waals surface area (Å²) >= 11 is 0. The Morgan fingerprint density at radius 3 is 2.61 bits per heavy atom. The maximum atomic E-state index is 5.35. The summed E-state index contributed by atoms with van der Waals surface area (Å²) in [7, 11) is 1.76. The minimum atomic E-state index is 0.360. The van der Waals surface area contributed by atoms with Crippen LogP contribution >= 0.6 is 0 Å². The van der Waals surface area contributed by atoms with E-state index in [-0.39, 0.29) is 0 Å². The number of hydrogen-bond acceptors (Lipinski definition) is 5. The number of pyridine rings is 1. The first-order valence-corrected chi connectivity index (χ1v) is 10.1. The first-order chi connectivity index (χ1) is 13.5. The number of piperidine rings is 1. The predicted molar refractivity (Wildman–Crippen MR) is 112 cm³/mol. The highest BCUT2D eigenvalue weighted by molar-refractivity contribution is 5.79. The summed E-state index contributed by atoms with van der Waals surface area (Å²) in [4.78, 5) is 11.3. The lowest BCUT2D eigenvalue weighted by atomic mass is 9.99. The second-order valence-corrected chi connectivity index (χ2v) is 7.85. The monoisotopic (exact) mass is 384 g/mol. The minimum absolute atomic E-state index is 0.360. The Bertz CT molecular complexity index is 759. The molecule has 1 fully saturated rings. The molecule has 1 aliphatic rings. The van der Waals surface area contributed by atoms with E-state index in [1.54, 1.807) is 7.05 Å². The van der Waals surface area contributed by atoms with Gasteiger partial charge in [0.25, 0.3) is 0 Å². The van der Waals surface area contributed by atoms with Crippen LogP contribution in [0.2, 0.25) is 0 Å². The Morgan fingerprint density at radius 1 is 1.25 bits per heavy atom. The number of guanidine groups is 1. The highest BCUT2D eigenvalue weighted by Crippen LogP contribution is 2.21. The lowest BCUT2D eigenvalue weighted by Crippen LogP contribution is -2.36. The fraction of sp³-hybridized carbons (Fsp3) is 0.571. The normalized spacial score (nSPS) is 15.9. The van der Waals surface area contributed by atoms with Crippen LogP contribution in [-0.4, -0.2) is 36.2 Å². The van der Waals surface area contributed by atoms with Crippen molar-refractivity contribution in [3.63, 3.8) is 0 Å². The molecule has 0 unspecified atom stereocenters. The third-order valence-corrected chi connectivity index (χ3v) is 5.20. The first kappa shape index (κ1) is 20.2. The molecule has 2 aromatic rings. The van der Waals surface area contributed by atoms with Gasteiger partial charge in [-0.1, -0.05) is 32.0 Å². The van der Waals surface area contributed by atoms with E-state index in [1.807, 2.05) is 12.3 Å². The molecular formula is C21H32N6O. The molecule has 0 aromatic carbocycles. The Morgan fingerprint density at radius 2 is 2.00 bits per heavy atom. The van der Waals surface area contributed by atoms with E-state index in [0.29, 0.717) is 19.0 Å². The van der Waals surface area contributed by atoms with Gasteiger partial charge in [0.05, 0.1) is 12.2 Å². The van der Waals surface area contributed by atoms with E-state index in [2.05, 4.69) is 63.6 Å². The topological polar surface area (TPSA) is 78.6 Å². The summed E-state index contributed by atoms with van der Waals surface area (Å²) < 4.78 is 5.35. The van der Waals surface area contributed by atoms with Crippen LogP contribution in [0.1, 0.15) is 56.5 Å². The fourth-order valence-electron chi connectivity index (χ4n) is 3.21. The number of aliphatic imine (C=N–C) groups is 1. The third kappa shape index (κ3) is 5.47. The van der Waals surface area contributed by atoms with Gasteiger partial charge in [-0.3, -0.25) is 4.99 Å². The van der Waals surface area contributed by atoms with E-state index < -0.39 is 0 Å². The molecule has 7 nitrogen and oxygen atoms in total. The van der Waals surface area contributed by atoms with Crippen molar-refractivity contribution in [3.05, 3.63) is 41.4 Å². The van der Waals surface area contributed by atoms with Crippen LogP contribution in [0.3, 0.4) is 0 Å². The Labute approximate surface area is 167 Å². The standard InChI is InChI=1S/C21H32N6O/c1-15(2)19-11-18(28-26-19)14-25-21(22-4)24-13-17-5-6-20(23-12-17)27-9-7-16(3)8-10-27/h5-6,11-12,15-16H,7-10,13-14H2,1-4H3,(H2,22,24,25). The Kier molecular flexibility index (Phi) is 6.90. The van der Waals surface area contributed by atoms with Crippen molar-refractivity contribution in [2.45, 2.75) is 52.6 Å². The number of nitrogens with zero attached hydrogens (tertiary/aromatic N) is 4. The molecule has 0 radical (unpaired) electrons. The van der Waals surface area contributed by atoms with Gasteiger partial charge in [0.1, 0.15) is 5.82 Å². The smallest absolute Gasteiger partial charge is 0.191 e. The second-order valence-electron chi connectivity index (χ2n) is 7.85. The van der Waals surface area contributed by atoms with E-state index in [4.69, 9.17) is 4.52 Å². The summed E-state index contributed by atoms with van der Waals surface area (Å²) in [6.45, 7) is 9.93. The number of rotatable bonds is 6. The summed E-state index contributed by atoms with van der Waals surface area (Å²) in [6.07, 6.45) is 4.44. The zero-order chi connectivity index (χ0) is 19.9. The summed E-state index contributed by atoms with van der Waals surface area (Å²) in [5.41, 5.74) is 2.09. The van der Waals surface area contributed by atoms with Crippen LogP contribution in [0.25, 0.3) is 0 Å². The van der Waals surface area contributed by atoms with E-state index in [1.165, 1.54) is 12.8 Å². The van der Waals surface area contributed by atoms with Crippen LogP contribution in [0.4, 0.5) is 5.82 Å². The molecule has 3 heterocycles. The van der Waals surface area contributed by atoms with Gasteiger partial charge in [0.2, 0.25) is 0 Å². The molecule has 0 saturated carbocycles. The van der Waals surface area contributed by atoms with Gasteiger partial charge in [0.15, 0.2) is 11.7 Å². The molecule has 28 heavy (non-hydrogen) atoms. The zero-order valence-electron chi connectivity index (χ0n) is 17.4. The molecule has 2 aromatic heterocycles. The van der Waals surface area contributed by atoms with Gasteiger partial charge in [-0.05, 0) is 36.3 Å². The average Bonchev–Trinajstić information content (AvgIpc) is 3.19. The zero-order valence-corrected chi connectivity index (χ0v) is 17.4. The van der Waals surface area contributed by atoms with Crippen LogP contribution in [0.5, 0.6) is 0 Å². The molecule has 0 amide bonds. The summed E-state index contributed by atoms with van der Waals surface area (Å²) in [6, 6.07) is 6.23. The number of aromatic nitrogens is 2. The molecule has 0 atom stereocenters. The fourth-order valence-corrected chi connectivity index (χ4v) is 3.21. The summed E-state index contributed by atoms with van der Waals surface area (Å²) in [5.74, 6) is 3.78.